The lowest BCUT2D eigenvalue weighted by atomic mass is 9.96. The molecule has 34 heavy (non-hydrogen) atoms. The van der Waals surface area contributed by atoms with E-state index in [-0.39, 0.29) is 11.3 Å². The Kier molecular flexibility index (Phi) is 6.70. The maximum Gasteiger partial charge on any atom is 0.295 e. The number of hydrogen-bond donors (Lipinski definition) is 1. The first-order valence-corrected chi connectivity index (χ1v) is 11.4. The van der Waals surface area contributed by atoms with Gasteiger partial charge >= 0.3 is 0 Å². The number of nitrogens with zero attached hydrogens (tertiary/aromatic N) is 4. The number of aliphatic hydroxyl groups is 1. The monoisotopic (exact) mass is 462 g/mol. The van der Waals surface area contributed by atoms with Crippen molar-refractivity contribution in [1.29, 1.82) is 0 Å². The smallest absolute Gasteiger partial charge is 0.295 e. The highest BCUT2D eigenvalue weighted by Gasteiger charge is 2.46. The van der Waals surface area contributed by atoms with Gasteiger partial charge in [-0.2, -0.15) is 0 Å². The number of Topliss-reactive ketones (excluding diaryl/α,β-unsaturated/α-hetero) is 1. The van der Waals surface area contributed by atoms with Gasteiger partial charge in [0.2, 0.25) is 0 Å². The van der Waals surface area contributed by atoms with E-state index in [4.69, 9.17) is 4.74 Å². The van der Waals surface area contributed by atoms with E-state index >= 15 is 0 Å². The summed E-state index contributed by atoms with van der Waals surface area (Å²) < 4.78 is 7.42. The zero-order valence-corrected chi connectivity index (χ0v) is 20.0. The number of carbonyl (C=O) groups is 2. The SMILES string of the molecule is CCCOc1ccc(C2/C(=C(\O)c3c(C)nc4ccccn34)C(=O)C(=O)N2CCN(C)C)cc1. The van der Waals surface area contributed by atoms with E-state index in [1.54, 1.807) is 17.5 Å². The van der Waals surface area contributed by atoms with E-state index in [1.165, 1.54) is 4.90 Å². The molecule has 178 valence electrons. The number of hydrogen-bond acceptors (Lipinski definition) is 6. The first-order chi connectivity index (χ1) is 16.3. The van der Waals surface area contributed by atoms with Crippen LogP contribution in [0.3, 0.4) is 0 Å². The third-order valence-electron chi connectivity index (χ3n) is 5.93. The molecule has 0 bridgehead atoms. The van der Waals surface area contributed by atoms with Crippen molar-refractivity contribution in [2.75, 3.05) is 33.8 Å². The summed E-state index contributed by atoms with van der Waals surface area (Å²) in [5.74, 6) is -0.823. The molecule has 3 heterocycles. The van der Waals surface area contributed by atoms with E-state index < -0.39 is 17.7 Å². The summed E-state index contributed by atoms with van der Waals surface area (Å²) >= 11 is 0. The number of ether oxygens (including phenoxy) is 1. The Balaban J connectivity index is 1.85. The molecular weight excluding hydrogens is 432 g/mol. The molecule has 1 atom stereocenters. The fourth-order valence-electron chi connectivity index (χ4n) is 4.26. The van der Waals surface area contributed by atoms with Gasteiger partial charge in [0.1, 0.15) is 17.1 Å². The Morgan fingerprint density at radius 3 is 2.56 bits per heavy atom. The molecule has 1 aliphatic rings. The van der Waals surface area contributed by atoms with Gasteiger partial charge < -0.3 is 19.6 Å². The quantitative estimate of drug-likeness (QED) is 0.314. The van der Waals surface area contributed by atoms with E-state index in [1.807, 2.05) is 68.4 Å². The first kappa shape index (κ1) is 23.5. The Labute approximate surface area is 199 Å². The van der Waals surface area contributed by atoms with E-state index in [9.17, 15) is 14.7 Å². The van der Waals surface area contributed by atoms with Crippen molar-refractivity contribution in [3.8, 4) is 5.75 Å². The number of amides is 1. The van der Waals surface area contributed by atoms with Crippen LogP contribution in [0.15, 0.2) is 54.2 Å². The van der Waals surface area contributed by atoms with Gasteiger partial charge in [0.15, 0.2) is 5.76 Å². The number of likely N-dealkylation sites (N-methyl/N-ethyl adjacent to an activating group) is 1. The number of aliphatic hydroxyl groups excluding tert-OH is 1. The van der Waals surface area contributed by atoms with Crippen molar-refractivity contribution >= 4 is 23.1 Å². The number of benzene rings is 1. The molecule has 0 aliphatic carbocycles. The van der Waals surface area contributed by atoms with Crippen molar-refractivity contribution in [2.24, 2.45) is 0 Å². The second kappa shape index (κ2) is 9.69. The number of imidazole rings is 1. The highest BCUT2D eigenvalue weighted by atomic mass is 16.5. The molecule has 1 unspecified atom stereocenters. The van der Waals surface area contributed by atoms with E-state index in [2.05, 4.69) is 4.98 Å². The predicted octanol–water partition coefficient (Wildman–Crippen LogP) is 3.41. The van der Waals surface area contributed by atoms with Gasteiger partial charge in [0.05, 0.1) is 23.9 Å². The maximum absolute atomic E-state index is 13.3. The van der Waals surface area contributed by atoms with E-state index in [0.29, 0.717) is 42.5 Å². The molecule has 3 aromatic rings. The Bertz CT molecular complexity index is 1240. The summed E-state index contributed by atoms with van der Waals surface area (Å²) in [4.78, 5) is 34.4. The number of aromatic nitrogens is 2. The molecule has 8 nitrogen and oxygen atoms in total. The van der Waals surface area contributed by atoms with Crippen LogP contribution < -0.4 is 4.74 Å². The summed E-state index contributed by atoms with van der Waals surface area (Å²) in [6.07, 6.45) is 2.67. The molecule has 0 spiro atoms. The molecule has 1 N–H and O–H groups in total. The average molecular weight is 463 g/mol. The topological polar surface area (TPSA) is 87.4 Å². The summed E-state index contributed by atoms with van der Waals surface area (Å²) in [5.41, 5.74) is 2.44. The lowest BCUT2D eigenvalue weighted by molar-refractivity contribution is -0.140. The third-order valence-corrected chi connectivity index (χ3v) is 5.93. The van der Waals surface area contributed by atoms with Crippen molar-refractivity contribution in [3.05, 3.63) is 71.2 Å². The lowest BCUT2D eigenvalue weighted by Crippen LogP contribution is -2.35. The van der Waals surface area contributed by atoms with Gasteiger partial charge in [0, 0.05) is 19.3 Å². The Morgan fingerprint density at radius 2 is 1.88 bits per heavy atom. The van der Waals surface area contributed by atoms with Gasteiger partial charge in [-0.05, 0) is 57.3 Å². The number of pyridine rings is 1. The largest absolute Gasteiger partial charge is 0.505 e. The summed E-state index contributed by atoms with van der Waals surface area (Å²) in [6.45, 7) is 5.34. The lowest BCUT2D eigenvalue weighted by Gasteiger charge is -2.26. The van der Waals surface area contributed by atoms with Crippen LogP contribution in [0.5, 0.6) is 5.75 Å². The minimum atomic E-state index is -0.714. The van der Waals surface area contributed by atoms with Crippen molar-refractivity contribution in [3.63, 3.8) is 0 Å². The van der Waals surface area contributed by atoms with Crippen LogP contribution >= 0.6 is 0 Å². The minimum absolute atomic E-state index is 0.0692. The van der Waals surface area contributed by atoms with Crippen LogP contribution in [0.2, 0.25) is 0 Å². The maximum atomic E-state index is 13.3. The van der Waals surface area contributed by atoms with Crippen LogP contribution in [-0.2, 0) is 9.59 Å². The number of aryl methyl sites for hydroxylation is 1. The summed E-state index contributed by atoms with van der Waals surface area (Å²) in [6, 6.07) is 12.1. The van der Waals surface area contributed by atoms with Gasteiger partial charge in [-0.1, -0.05) is 25.1 Å². The molecule has 2 aromatic heterocycles. The standard InChI is InChI=1S/C26H30N4O4/c1-5-16-34-19-11-9-18(10-12-19)23-21(25(32)26(33)30(23)15-14-28(3)4)24(31)22-17(2)27-20-8-6-7-13-29(20)22/h6-13,23,31H,5,14-16H2,1-4H3/b24-21+. The highest BCUT2D eigenvalue weighted by Crippen LogP contribution is 2.40. The normalized spacial score (nSPS) is 17.8. The molecule has 1 fully saturated rings. The molecule has 1 aromatic carbocycles. The third kappa shape index (κ3) is 4.28. The molecule has 0 radical (unpaired) electrons. The number of rotatable bonds is 8. The van der Waals surface area contributed by atoms with Gasteiger partial charge in [-0.3, -0.25) is 14.0 Å². The average Bonchev–Trinajstić information content (AvgIpc) is 3.29. The fraction of sp³-hybridized carbons (Fsp3) is 0.346. The van der Waals surface area contributed by atoms with Crippen LogP contribution in [-0.4, -0.2) is 69.8 Å². The zero-order chi connectivity index (χ0) is 24.4. The fourth-order valence-corrected chi connectivity index (χ4v) is 4.26. The van der Waals surface area contributed by atoms with Crippen molar-refractivity contribution in [2.45, 2.75) is 26.3 Å². The van der Waals surface area contributed by atoms with Gasteiger partial charge in [-0.25, -0.2) is 4.98 Å². The van der Waals surface area contributed by atoms with Crippen LogP contribution in [0.4, 0.5) is 0 Å². The zero-order valence-electron chi connectivity index (χ0n) is 20.0. The molecule has 1 aliphatic heterocycles. The summed E-state index contributed by atoms with van der Waals surface area (Å²) in [5, 5.41) is 11.5. The predicted molar refractivity (Wildman–Crippen MR) is 130 cm³/mol. The van der Waals surface area contributed by atoms with Crippen molar-refractivity contribution in [1.82, 2.24) is 19.2 Å². The summed E-state index contributed by atoms with van der Waals surface area (Å²) in [7, 11) is 3.82. The van der Waals surface area contributed by atoms with Gasteiger partial charge in [-0.15, -0.1) is 0 Å². The van der Waals surface area contributed by atoms with Crippen LogP contribution in [0.25, 0.3) is 11.4 Å². The first-order valence-electron chi connectivity index (χ1n) is 11.4. The number of carbonyl (C=O) groups excluding carboxylic acids is 2. The van der Waals surface area contributed by atoms with Crippen LogP contribution in [0, 0.1) is 6.92 Å². The number of likely N-dealkylation sites (tertiary alicyclic amines) is 1. The van der Waals surface area contributed by atoms with Crippen LogP contribution in [0.1, 0.15) is 36.3 Å². The molecule has 0 saturated carbocycles. The molecular formula is C26H30N4O4. The van der Waals surface area contributed by atoms with E-state index in [0.717, 1.165) is 12.0 Å². The number of fused-ring (bicyclic) bond motifs is 1. The molecule has 4 rings (SSSR count). The Hall–Kier alpha value is -3.65. The highest BCUT2D eigenvalue weighted by molar-refractivity contribution is 6.46. The minimum Gasteiger partial charge on any atom is -0.505 e. The Morgan fingerprint density at radius 1 is 1.15 bits per heavy atom. The second-order valence-electron chi connectivity index (χ2n) is 8.69. The van der Waals surface area contributed by atoms with Crippen molar-refractivity contribution < 1.29 is 19.4 Å². The molecule has 1 amide bonds. The number of ketones is 1. The molecule has 1 saturated heterocycles. The molecule has 8 heteroatoms. The van der Waals surface area contributed by atoms with Gasteiger partial charge in [0.25, 0.3) is 11.7 Å². The second-order valence-corrected chi connectivity index (χ2v) is 8.69.